The van der Waals surface area contributed by atoms with Crippen LogP contribution in [-0.4, -0.2) is 42.9 Å². The Bertz CT molecular complexity index is 1040. The Morgan fingerprint density at radius 2 is 1.65 bits per heavy atom. The zero-order chi connectivity index (χ0) is 23.2. The molecule has 1 unspecified atom stereocenters. The van der Waals surface area contributed by atoms with E-state index in [2.05, 4.69) is 53.4 Å². The highest BCUT2D eigenvalue weighted by molar-refractivity contribution is 5.51. The molecule has 3 aromatic rings. The normalized spacial score (nSPS) is 20.4. The molecule has 178 valence electrons. The number of benzene rings is 3. The molecule has 1 fully saturated rings. The maximum absolute atomic E-state index is 10.2. The van der Waals surface area contributed by atoms with Crippen LogP contribution < -0.4 is 9.47 Å². The molecule has 2 aliphatic rings. The number of unbranched alkanes of at least 4 members (excludes halogenated alkanes) is 1. The lowest BCUT2D eigenvalue weighted by Crippen LogP contribution is -2.30. The number of phenolic OH excluding ortho intramolecular Hbond substituents is 1. The predicted molar refractivity (Wildman–Crippen MR) is 136 cm³/mol. The van der Waals surface area contributed by atoms with Gasteiger partial charge in [-0.15, -0.1) is 0 Å². The monoisotopic (exact) mass is 457 g/mol. The van der Waals surface area contributed by atoms with Gasteiger partial charge in [0.15, 0.2) is 0 Å². The fourth-order valence-corrected chi connectivity index (χ4v) is 5.39. The van der Waals surface area contributed by atoms with Gasteiger partial charge in [-0.05, 0) is 86.8 Å². The molecule has 5 rings (SSSR count). The fourth-order valence-electron chi connectivity index (χ4n) is 5.39. The van der Waals surface area contributed by atoms with Gasteiger partial charge in [-0.3, -0.25) is 0 Å². The van der Waals surface area contributed by atoms with Crippen LogP contribution in [0.2, 0.25) is 0 Å². The van der Waals surface area contributed by atoms with Crippen LogP contribution in [0.4, 0.5) is 0 Å². The Labute approximate surface area is 203 Å². The van der Waals surface area contributed by atoms with Crippen LogP contribution >= 0.6 is 0 Å². The summed E-state index contributed by atoms with van der Waals surface area (Å²) in [7, 11) is 0. The summed E-state index contributed by atoms with van der Waals surface area (Å²) in [5.74, 6) is 2.32. The molecule has 2 aliphatic heterocycles. The number of hydrogen-bond donors (Lipinski definition) is 1. The minimum atomic E-state index is 0.108. The lowest BCUT2D eigenvalue weighted by Gasteiger charge is -2.34. The third-order valence-electron chi connectivity index (χ3n) is 7.20. The van der Waals surface area contributed by atoms with Gasteiger partial charge < -0.3 is 19.5 Å². The minimum Gasteiger partial charge on any atom is -0.508 e. The van der Waals surface area contributed by atoms with Gasteiger partial charge >= 0.3 is 0 Å². The molecule has 2 atom stereocenters. The SMILES string of the molecule is Oc1ccc2c(c1)C(c1ccc(OCCCCN3CCCCC3)cc1)[C@@H](c1ccccc1)CO2. The lowest BCUT2D eigenvalue weighted by molar-refractivity contribution is 0.216. The Balaban J connectivity index is 1.26. The van der Waals surface area contributed by atoms with Crippen LogP contribution in [0.15, 0.2) is 72.8 Å². The molecular formula is C30H35NO3. The molecule has 0 spiro atoms. The van der Waals surface area contributed by atoms with E-state index in [1.165, 1.54) is 56.4 Å². The summed E-state index contributed by atoms with van der Waals surface area (Å²) in [6.07, 6.45) is 6.37. The number of piperidine rings is 1. The van der Waals surface area contributed by atoms with Crippen LogP contribution in [0.5, 0.6) is 17.2 Å². The molecule has 1 N–H and O–H groups in total. The quantitative estimate of drug-likeness (QED) is 0.401. The van der Waals surface area contributed by atoms with Gasteiger partial charge in [-0.1, -0.05) is 48.9 Å². The second-order valence-electron chi connectivity index (χ2n) is 9.55. The number of aromatic hydroxyl groups is 1. The molecule has 1 saturated heterocycles. The Morgan fingerprint density at radius 3 is 2.44 bits per heavy atom. The van der Waals surface area contributed by atoms with E-state index in [0.29, 0.717) is 6.61 Å². The zero-order valence-corrected chi connectivity index (χ0v) is 19.9. The van der Waals surface area contributed by atoms with Crippen LogP contribution in [0.25, 0.3) is 0 Å². The van der Waals surface area contributed by atoms with Crippen molar-refractivity contribution in [3.8, 4) is 17.2 Å². The van der Waals surface area contributed by atoms with E-state index < -0.39 is 0 Å². The summed E-state index contributed by atoms with van der Waals surface area (Å²) < 4.78 is 12.2. The minimum absolute atomic E-state index is 0.108. The van der Waals surface area contributed by atoms with Crippen molar-refractivity contribution in [1.29, 1.82) is 0 Å². The first kappa shape index (κ1) is 22.8. The van der Waals surface area contributed by atoms with Crippen LogP contribution in [0, 0.1) is 0 Å². The second kappa shape index (κ2) is 11.0. The molecule has 0 radical (unpaired) electrons. The maximum Gasteiger partial charge on any atom is 0.123 e. The van der Waals surface area contributed by atoms with E-state index >= 15 is 0 Å². The van der Waals surface area contributed by atoms with Gasteiger partial charge in [0.05, 0.1) is 13.2 Å². The molecule has 0 bridgehead atoms. The first-order valence-corrected chi connectivity index (χ1v) is 12.7. The van der Waals surface area contributed by atoms with Gasteiger partial charge in [-0.25, -0.2) is 0 Å². The fraction of sp³-hybridized carbons (Fsp3) is 0.400. The summed E-state index contributed by atoms with van der Waals surface area (Å²) in [5.41, 5.74) is 3.49. The van der Waals surface area contributed by atoms with Crippen molar-refractivity contribution < 1.29 is 14.6 Å². The number of fused-ring (bicyclic) bond motifs is 1. The van der Waals surface area contributed by atoms with E-state index in [1.54, 1.807) is 6.07 Å². The first-order valence-electron chi connectivity index (χ1n) is 12.7. The van der Waals surface area contributed by atoms with Gasteiger partial charge in [0, 0.05) is 17.4 Å². The highest BCUT2D eigenvalue weighted by Gasteiger charge is 2.33. The largest absolute Gasteiger partial charge is 0.508 e. The molecular weight excluding hydrogens is 422 g/mol. The summed E-state index contributed by atoms with van der Waals surface area (Å²) in [6, 6.07) is 24.4. The molecule has 2 heterocycles. The zero-order valence-electron chi connectivity index (χ0n) is 19.9. The van der Waals surface area contributed by atoms with Gasteiger partial charge in [0.1, 0.15) is 17.2 Å². The van der Waals surface area contributed by atoms with Crippen molar-refractivity contribution in [2.45, 2.75) is 43.9 Å². The highest BCUT2D eigenvalue weighted by Crippen LogP contribution is 2.47. The topological polar surface area (TPSA) is 41.9 Å². The molecule has 34 heavy (non-hydrogen) atoms. The van der Waals surface area contributed by atoms with Crippen LogP contribution in [-0.2, 0) is 0 Å². The first-order chi connectivity index (χ1) is 16.8. The standard InChI is InChI=1S/C30H35NO3/c32-25-13-16-29-27(21-25)30(28(22-34-29)23-9-3-1-4-10-23)24-11-14-26(15-12-24)33-20-8-7-19-31-17-5-2-6-18-31/h1,3-4,9-16,21,28,30,32H,2,5-8,17-20,22H2/t28-,30?/m1/s1. The molecule has 0 aliphatic carbocycles. The number of likely N-dealkylation sites (tertiary alicyclic amines) is 1. The van der Waals surface area contributed by atoms with Crippen molar-refractivity contribution in [3.63, 3.8) is 0 Å². The number of rotatable bonds is 8. The van der Waals surface area contributed by atoms with Crippen molar-refractivity contribution in [2.24, 2.45) is 0 Å². The average Bonchev–Trinajstić information content (AvgIpc) is 2.89. The van der Waals surface area contributed by atoms with Crippen molar-refractivity contribution in [1.82, 2.24) is 4.90 Å². The Kier molecular flexibility index (Phi) is 7.35. The number of hydrogen-bond acceptors (Lipinski definition) is 4. The molecule has 3 aromatic carbocycles. The third-order valence-corrected chi connectivity index (χ3v) is 7.20. The van der Waals surface area contributed by atoms with Gasteiger partial charge in [0.2, 0.25) is 0 Å². The lowest BCUT2D eigenvalue weighted by atomic mass is 9.76. The van der Waals surface area contributed by atoms with Crippen molar-refractivity contribution in [2.75, 3.05) is 32.8 Å². The maximum atomic E-state index is 10.2. The van der Waals surface area contributed by atoms with Crippen molar-refractivity contribution in [3.05, 3.63) is 89.5 Å². The van der Waals surface area contributed by atoms with E-state index in [-0.39, 0.29) is 17.6 Å². The van der Waals surface area contributed by atoms with E-state index in [1.807, 2.05) is 18.2 Å². The predicted octanol–water partition coefficient (Wildman–Crippen LogP) is 6.35. The summed E-state index contributed by atoms with van der Waals surface area (Å²) in [5, 5.41) is 10.2. The van der Waals surface area contributed by atoms with E-state index in [9.17, 15) is 5.11 Å². The number of nitrogens with zero attached hydrogens (tertiary/aromatic N) is 1. The summed E-state index contributed by atoms with van der Waals surface area (Å²) in [4.78, 5) is 2.59. The Morgan fingerprint density at radius 1 is 0.853 bits per heavy atom. The summed E-state index contributed by atoms with van der Waals surface area (Å²) in [6.45, 7) is 5.09. The van der Waals surface area contributed by atoms with Gasteiger partial charge in [0.25, 0.3) is 0 Å². The Hall–Kier alpha value is -2.98. The average molecular weight is 458 g/mol. The van der Waals surface area contributed by atoms with Gasteiger partial charge in [-0.2, -0.15) is 0 Å². The highest BCUT2D eigenvalue weighted by atomic mass is 16.5. The summed E-state index contributed by atoms with van der Waals surface area (Å²) >= 11 is 0. The number of phenols is 1. The molecule has 4 nitrogen and oxygen atoms in total. The van der Waals surface area contributed by atoms with E-state index in [4.69, 9.17) is 9.47 Å². The molecule has 0 amide bonds. The number of ether oxygens (including phenoxy) is 2. The van der Waals surface area contributed by atoms with E-state index in [0.717, 1.165) is 30.1 Å². The third kappa shape index (κ3) is 5.39. The van der Waals surface area contributed by atoms with Crippen molar-refractivity contribution >= 4 is 0 Å². The second-order valence-corrected chi connectivity index (χ2v) is 9.55. The molecule has 0 aromatic heterocycles. The van der Waals surface area contributed by atoms with Crippen LogP contribution in [0.1, 0.15) is 60.6 Å². The molecule has 4 heteroatoms. The van der Waals surface area contributed by atoms with Crippen LogP contribution in [0.3, 0.4) is 0 Å². The molecule has 0 saturated carbocycles. The smallest absolute Gasteiger partial charge is 0.123 e.